The molecule has 0 amide bonds. The van der Waals surface area contributed by atoms with Crippen molar-refractivity contribution in [2.45, 2.75) is 44.9 Å². The molecule has 124 valence electrons. The number of hydrogen-bond acceptors (Lipinski definition) is 2. The highest BCUT2D eigenvalue weighted by Crippen LogP contribution is 2.55. The Kier molecular flexibility index (Phi) is 3.88. The molecule has 6 atom stereocenters. The molecule has 4 rings (SSSR count). The van der Waals surface area contributed by atoms with E-state index in [2.05, 4.69) is 12.2 Å². The lowest BCUT2D eigenvalue weighted by Crippen LogP contribution is -2.44. The van der Waals surface area contributed by atoms with E-state index in [-0.39, 0.29) is 0 Å². The molecule has 3 fully saturated rings. The summed E-state index contributed by atoms with van der Waals surface area (Å²) in [5, 5.41) is 0. The minimum absolute atomic E-state index is 0.615. The zero-order chi connectivity index (χ0) is 15.3. The highest BCUT2D eigenvalue weighted by atomic mass is 32.2. The van der Waals surface area contributed by atoms with Gasteiger partial charge in [0.05, 0.1) is 6.26 Å². The normalized spacial score (nSPS) is 45.7. The predicted molar refractivity (Wildman–Crippen MR) is 88.8 cm³/mol. The minimum Gasteiger partial charge on any atom is -0.213 e. The van der Waals surface area contributed by atoms with Gasteiger partial charge in [-0.25, -0.2) is 12.7 Å². The second-order valence-corrected chi connectivity index (χ2v) is 10.1. The molecule has 22 heavy (non-hydrogen) atoms. The predicted octanol–water partition coefficient (Wildman–Crippen LogP) is 3.29. The second-order valence-electron chi connectivity index (χ2n) is 8.16. The van der Waals surface area contributed by atoms with Gasteiger partial charge in [-0.1, -0.05) is 12.2 Å². The summed E-state index contributed by atoms with van der Waals surface area (Å²) < 4.78 is 25.7. The maximum Gasteiger partial charge on any atom is 0.211 e. The molecule has 3 aliphatic carbocycles. The summed E-state index contributed by atoms with van der Waals surface area (Å²) in [6.45, 7) is 1.54. The van der Waals surface area contributed by atoms with E-state index in [1.807, 2.05) is 0 Å². The van der Waals surface area contributed by atoms with E-state index in [0.717, 1.165) is 49.1 Å². The lowest BCUT2D eigenvalue weighted by molar-refractivity contribution is 0.00224. The molecule has 2 saturated carbocycles. The fourth-order valence-electron chi connectivity index (χ4n) is 6.21. The molecular weight excluding hydrogens is 294 g/mol. The Morgan fingerprint density at radius 3 is 2.55 bits per heavy atom. The summed E-state index contributed by atoms with van der Waals surface area (Å²) in [4.78, 5) is 0. The lowest BCUT2D eigenvalue weighted by Gasteiger charge is -2.50. The fourth-order valence-corrected chi connectivity index (χ4v) is 7.13. The van der Waals surface area contributed by atoms with Crippen LogP contribution in [0.3, 0.4) is 0 Å². The molecule has 6 unspecified atom stereocenters. The van der Waals surface area contributed by atoms with E-state index < -0.39 is 10.0 Å². The van der Waals surface area contributed by atoms with Crippen LogP contribution < -0.4 is 0 Å². The molecule has 1 heterocycles. The van der Waals surface area contributed by atoms with Crippen LogP contribution in [0.2, 0.25) is 0 Å². The molecule has 4 heteroatoms. The first-order valence-corrected chi connectivity index (χ1v) is 11.0. The number of nitrogens with zero attached hydrogens (tertiary/aromatic N) is 1. The average molecular weight is 324 g/mol. The largest absolute Gasteiger partial charge is 0.213 e. The van der Waals surface area contributed by atoms with Crippen molar-refractivity contribution < 1.29 is 8.42 Å². The SMILES string of the molecule is CS(=O)(=O)N1CCCC2C(CCC3C4CC=CC4CCC23)C1. The Hall–Kier alpha value is -0.350. The summed E-state index contributed by atoms with van der Waals surface area (Å²) >= 11 is 0. The van der Waals surface area contributed by atoms with Gasteiger partial charge < -0.3 is 0 Å². The van der Waals surface area contributed by atoms with Crippen molar-refractivity contribution in [1.29, 1.82) is 0 Å². The van der Waals surface area contributed by atoms with Crippen LogP contribution in [0.4, 0.5) is 0 Å². The fraction of sp³-hybridized carbons (Fsp3) is 0.889. The first kappa shape index (κ1) is 15.2. The molecule has 0 bridgehead atoms. The van der Waals surface area contributed by atoms with Gasteiger partial charge >= 0.3 is 0 Å². The van der Waals surface area contributed by atoms with Crippen molar-refractivity contribution >= 4 is 10.0 Å². The van der Waals surface area contributed by atoms with Gasteiger partial charge in [-0.05, 0) is 80.5 Å². The van der Waals surface area contributed by atoms with Crippen LogP contribution in [0, 0.1) is 35.5 Å². The van der Waals surface area contributed by atoms with Crippen molar-refractivity contribution in [2.75, 3.05) is 19.3 Å². The molecule has 1 saturated heterocycles. The highest BCUT2D eigenvalue weighted by molar-refractivity contribution is 7.88. The van der Waals surface area contributed by atoms with Crippen LogP contribution in [0.1, 0.15) is 44.9 Å². The Morgan fingerprint density at radius 1 is 0.955 bits per heavy atom. The van der Waals surface area contributed by atoms with Gasteiger partial charge in [-0.15, -0.1) is 0 Å². The molecule has 1 aliphatic heterocycles. The Labute approximate surface area is 135 Å². The molecule has 0 radical (unpaired) electrons. The molecule has 0 spiro atoms. The highest BCUT2D eigenvalue weighted by Gasteiger charge is 2.48. The number of fused-ring (bicyclic) bond motifs is 5. The minimum atomic E-state index is -3.02. The molecule has 4 aliphatic rings. The maximum atomic E-state index is 12.0. The van der Waals surface area contributed by atoms with Crippen LogP contribution in [0.5, 0.6) is 0 Å². The van der Waals surface area contributed by atoms with E-state index in [0.29, 0.717) is 5.92 Å². The molecule has 0 aromatic heterocycles. The smallest absolute Gasteiger partial charge is 0.211 e. The van der Waals surface area contributed by atoms with E-state index in [1.54, 1.807) is 4.31 Å². The van der Waals surface area contributed by atoms with Crippen LogP contribution in [0.25, 0.3) is 0 Å². The van der Waals surface area contributed by atoms with E-state index in [1.165, 1.54) is 44.8 Å². The molecule has 3 nitrogen and oxygen atoms in total. The monoisotopic (exact) mass is 323 g/mol. The van der Waals surface area contributed by atoms with Crippen molar-refractivity contribution in [3.63, 3.8) is 0 Å². The Morgan fingerprint density at radius 2 is 1.73 bits per heavy atom. The van der Waals surface area contributed by atoms with Crippen LogP contribution >= 0.6 is 0 Å². The molecule has 0 aromatic rings. The van der Waals surface area contributed by atoms with Gasteiger partial charge in [0, 0.05) is 13.1 Å². The number of hydrogen-bond donors (Lipinski definition) is 0. The molecule has 0 N–H and O–H groups in total. The average Bonchev–Trinajstić information content (AvgIpc) is 2.83. The standard InChI is InChI=1S/C18H29NO2S/c1-22(20,21)19-11-3-6-16-14(12-19)8-10-17-15-5-2-4-13(15)7-9-18(16)17/h2,4,13-18H,3,5-12H2,1H3. The van der Waals surface area contributed by atoms with E-state index in [4.69, 9.17) is 0 Å². The molecular formula is C18H29NO2S. The van der Waals surface area contributed by atoms with Gasteiger partial charge in [-0.2, -0.15) is 0 Å². The Bertz CT molecular complexity index is 555. The van der Waals surface area contributed by atoms with Gasteiger partial charge in [0.25, 0.3) is 0 Å². The van der Waals surface area contributed by atoms with Gasteiger partial charge in [-0.3, -0.25) is 0 Å². The number of sulfonamides is 1. The van der Waals surface area contributed by atoms with E-state index in [9.17, 15) is 8.42 Å². The first-order valence-electron chi connectivity index (χ1n) is 9.16. The third-order valence-corrected chi connectivity index (χ3v) is 8.42. The van der Waals surface area contributed by atoms with Crippen molar-refractivity contribution in [1.82, 2.24) is 4.31 Å². The summed E-state index contributed by atoms with van der Waals surface area (Å²) in [5.41, 5.74) is 0. The van der Waals surface area contributed by atoms with Crippen molar-refractivity contribution in [3.05, 3.63) is 12.2 Å². The topological polar surface area (TPSA) is 37.4 Å². The van der Waals surface area contributed by atoms with Crippen LogP contribution in [0.15, 0.2) is 12.2 Å². The van der Waals surface area contributed by atoms with Crippen LogP contribution in [-0.4, -0.2) is 32.1 Å². The van der Waals surface area contributed by atoms with Gasteiger partial charge in [0.2, 0.25) is 10.0 Å². The summed E-state index contributed by atoms with van der Waals surface area (Å²) in [6.07, 6.45) is 15.2. The van der Waals surface area contributed by atoms with Crippen molar-refractivity contribution in [3.8, 4) is 0 Å². The number of allylic oxidation sites excluding steroid dienone is 2. The van der Waals surface area contributed by atoms with Crippen molar-refractivity contribution in [2.24, 2.45) is 35.5 Å². The van der Waals surface area contributed by atoms with Gasteiger partial charge in [0.1, 0.15) is 0 Å². The third-order valence-electron chi connectivity index (χ3n) is 7.15. The molecule has 0 aromatic carbocycles. The first-order chi connectivity index (χ1) is 10.5. The van der Waals surface area contributed by atoms with E-state index >= 15 is 0 Å². The third kappa shape index (κ3) is 2.56. The zero-order valence-corrected chi connectivity index (χ0v) is 14.5. The van der Waals surface area contributed by atoms with Gasteiger partial charge in [0.15, 0.2) is 0 Å². The second kappa shape index (κ2) is 5.62. The van der Waals surface area contributed by atoms with Crippen LogP contribution in [-0.2, 0) is 10.0 Å². The number of rotatable bonds is 1. The maximum absolute atomic E-state index is 12.0. The summed E-state index contributed by atoms with van der Waals surface area (Å²) in [5.74, 6) is 4.96. The summed E-state index contributed by atoms with van der Waals surface area (Å²) in [6, 6.07) is 0. The lowest BCUT2D eigenvalue weighted by atomic mass is 9.55. The summed E-state index contributed by atoms with van der Waals surface area (Å²) in [7, 11) is -3.02. The zero-order valence-electron chi connectivity index (χ0n) is 13.7. The Balaban J connectivity index is 1.53. The quantitative estimate of drug-likeness (QED) is 0.694.